The summed E-state index contributed by atoms with van der Waals surface area (Å²) in [6.45, 7) is 11.4. The van der Waals surface area contributed by atoms with Gasteiger partial charge in [0.05, 0.1) is 10.6 Å². The van der Waals surface area contributed by atoms with Gasteiger partial charge in [0.2, 0.25) is 11.8 Å². The third kappa shape index (κ3) is 14.8. The number of sulfonamides is 1. The van der Waals surface area contributed by atoms with E-state index in [4.69, 9.17) is 11.6 Å². The summed E-state index contributed by atoms with van der Waals surface area (Å²) in [6, 6.07) is 33.7. The Kier molecular flexibility index (Phi) is 18.4. The molecule has 5 aromatic rings. The number of thioether (sulfide) groups is 1. The molecule has 5 aromatic carbocycles. The molecule has 15 nitrogen and oxygen atoms in total. The van der Waals surface area contributed by atoms with Gasteiger partial charge in [-0.25, -0.2) is 21.6 Å². The average Bonchev–Trinajstić information content (AvgIpc) is 2.89. The first-order valence-electron chi connectivity index (χ1n) is 28.2. The molecule has 6 aliphatic rings. The fourth-order valence-corrected chi connectivity index (χ4v) is 15.2. The van der Waals surface area contributed by atoms with Crippen molar-refractivity contribution in [2.45, 2.75) is 116 Å². The van der Waals surface area contributed by atoms with Gasteiger partial charge in [-0.15, -0.1) is 11.8 Å². The molecule has 0 saturated carbocycles. The van der Waals surface area contributed by atoms with Crippen LogP contribution in [0.25, 0.3) is 5.57 Å². The number of halogens is 4. The maximum absolute atomic E-state index is 14.5. The summed E-state index contributed by atoms with van der Waals surface area (Å²) >= 11 is 7.67. The van der Waals surface area contributed by atoms with Crippen molar-refractivity contribution in [3.05, 3.63) is 149 Å². The lowest BCUT2D eigenvalue weighted by Crippen LogP contribution is -2.62. The Labute approximate surface area is 493 Å². The van der Waals surface area contributed by atoms with Crippen LogP contribution in [0.3, 0.4) is 0 Å². The first-order valence-corrected chi connectivity index (χ1v) is 32.6. The van der Waals surface area contributed by atoms with Gasteiger partial charge in [-0.05, 0) is 146 Å². The van der Waals surface area contributed by atoms with E-state index >= 15 is 0 Å². The number of rotatable bonds is 20. The fraction of sp³-hybridized carbons (Fsp3) is 0.426. The minimum Gasteiger partial charge on any atom is -0.380 e. The Balaban J connectivity index is 0.778. The van der Waals surface area contributed by atoms with E-state index in [0.717, 1.165) is 118 Å². The quantitative estimate of drug-likeness (QED) is 0.0427. The van der Waals surface area contributed by atoms with Crippen molar-refractivity contribution in [2.24, 2.45) is 5.41 Å². The van der Waals surface area contributed by atoms with Crippen molar-refractivity contribution in [1.82, 2.24) is 24.7 Å². The molecule has 0 radical (unpaired) electrons. The van der Waals surface area contributed by atoms with E-state index in [1.54, 1.807) is 12.1 Å². The number of benzene rings is 5. The van der Waals surface area contributed by atoms with Crippen LogP contribution < -0.4 is 25.6 Å². The molecule has 11 rings (SSSR count). The second-order valence-corrected chi connectivity index (χ2v) is 28.3. The molecule has 4 atom stereocenters. The summed E-state index contributed by atoms with van der Waals surface area (Å²) in [5.41, 5.74) is 0.765. The zero-order valence-electron chi connectivity index (χ0n) is 46.5. The van der Waals surface area contributed by atoms with Gasteiger partial charge < -0.3 is 15.5 Å². The Bertz CT molecular complexity index is 3420. The number of hydrogen-bond donors (Lipinski definition) is 4. The highest BCUT2D eigenvalue weighted by Gasteiger charge is 2.49. The molecule has 83 heavy (non-hydrogen) atoms. The number of alkyl halides is 3. The number of hydrogen-bond acceptors (Lipinski definition) is 14. The number of carbonyl (C=O) groups is 3. The molecule has 5 saturated heterocycles. The monoisotopic (exact) mass is 1210 g/mol. The van der Waals surface area contributed by atoms with Gasteiger partial charge in [-0.1, -0.05) is 73.5 Å². The van der Waals surface area contributed by atoms with E-state index in [-0.39, 0.29) is 41.3 Å². The van der Waals surface area contributed by atoms with Crippen LogP contribution >= 0.6 is 23.4 Å². The van der Waals surface area contributed by atoms with E-state index < -0.39 is 58.8 Å². The lowest BCUT2D eigenvalue weighted by atomic mass is 9.73. The SMILES string of the molecule is CC1(C)CCC(c2ccc(Cl)cc2)=C(CN2CCN(c3ccc(C(=O)NS(=O)(=O)c4ccc(N[C@H](CCN5CC6CCC5CN6Cc5ccc(NC6CCC(=O)NC6=O)cc5)CSc5ccccc5)c(S(=O)(=O)C(F)(F)F)c4)cc3)CC2)C1. The topological polar surface area (TPSA) is 181 Å². The van der Waals surface area contributed by atoms with E-state index in [2.05, 4.69) is 61.5 Å². The maximum atomic E-state index is 14.5. The minimum atomic E-state index is -6.12. The number of carbonyl (C=O) groups excluding carboxylic acids is 3. The average molecular weight is 1220 g/mol. The second-order valence-electron chi connectivity index (χ2n) is 23.2. The van der Waals surface area contributed by atoms with Crippen molar-refractivity contribution in [1.29, 1.82) is 0 Å². The summed E-state index contributed by atoms with van der Waals surface area (Å²) < 4.78 is 100. The predicted molar refractivity (Wildman–Crippen MR) is 320 cm³/mol. The van der Waals surface area contributed by atoms with Crippen molar-refractivity contribution in [2.75, 3.05) is 73.6 Å². The Morgan fingerprint density at radius 3 is 2.16 bits per heavy atom. The third-order valence-electron chi connectivity index (χ3n) is 16.7. The van der Waals surface area contributed by atoms with Crippen molar-refractivity contribution in [3.63, 3.8) is 0 Å². The van der Waals surface area contributed by atoms with E-state index in [9.17, 15) is 44.4 Å². The summed E-state index contributed by atoms with van der Waals surface area (Å²) in [4.78, 5) is 45.7. The summed E-state index contributed by atoms with van der Waals surface area (Å²) in [6.07, 6.45) is 6.21. The molecule has 1 aliphatic carbocycles. The standard InChI is InChI=1S/C61H70ClF3N8O7S3/c1-60(2)28-26-53(42-10-14-45(62)15-11-42)44(35-60)37-70-30-32-71(33-31-70)48-18-12-43(13-19-48)58(75)69-83(79,80)52-22-23-54(56(34-52)82(77,78)61(63,64)65)67-47(40-81-51-6-4-3-5-7-51)27-29-72-38-50-21-20-49(72)39-73(50)36-41-8-16-46(17-9-41)66-55-24-25-57(74)68-59(55)76/h3-19,22-23,34,47,49-50,55,66-67H,20-21,24-33,35-40H2,1-2H3,(H,69,75)(H,68,74,76)/t47-,49?,50?,55?/m1/s1. The highest BCUT2D eigenvalue weighted by Crippen LogP contribution is 2.43. The number of nitrogens with zero attached hydrogens (tertiary/aromatic N) is 4. The number of piperazine rings is 2. The zero-order chi connectivity index (χ0) is 58.7. The Morgan fingerprint density at radius 1 is 0.807 bits per heavy atom. The highest BCUT2D eigenvalue weighted by atomic mass is 35.5. The molecule has 442 valence electrons. The molecule has 0 aromatic heterocycles. The highest BCUT2D eigenvalue weighted by molar-refractivity contribution is 7.99. The zero-order valence-corrected chi connectivity index (χ0v) is 49.7. The van der Waals surface area contributed by atoms with Crippen molar-refractivity contribution in [3.8, 4) is 0 Å². The molecule has 4 N–H and O–H groups in total. The van der Waals surface area contributed by atoms with Crippen LogP contribution in [0, 0.1) is 5.41 Å². The van der Waals surface area contributed by atoms with Gasteiger partial charge in [-0.2, -0.15) is 13.2 Å². The number of amides is 3. The molecule has 2 bridgehead atoms. The largest absolute Gasteiger partial charge is 0.501 e. The van der Waals surface area contributed by atoms with Gasteiger partial charge in [0.1, 0.15) is 10.9 Å². The summed E-state index contributed by atoms with van der Waals surface area (Å²) in [5, 5.41) is 9.39. The smallest absolute Gasteiger partial charge is 0.380 e. The number of sulfone groups is 1. The van der Waals surface area contributed by atoms with Crippen LogP contribution in [0.5, 0.6) is 0 Å². The van der Waals surface area contributed by atoms with Crippen LogP contribution in [0.1, 0.15) is 86.7 Å². The fourth-order valence-electron chi connectivity index (χ4n) is 12.1. The number of allylic oxidation sites excluding steroid dienone is 1. The van der Waals surface area contributed by atoms with Gasteiger partial charge in [0.15, 0.2) is 0 Å². The van der Waals surface area contributed by atoms with Gasteiger partial charge in [0, 0.05) is 116 Å². The molecule has 3 amide bonds. The lowest BCUT2D eigenvalue weighted by Gasteiger charge is -2.52. The number of nitrogens with one attached hydrogen (secondary N) is 4. The molecule has 5 fully saturated rings. The van der Waals surface area contributed by atoms with Crippen LogP contribution in [-0.4, -0.2) is 137 Å². The minimum absolute atomic E-state index is 0.0137. The molecule has 3 unspecified atom stereocenters. The van der Waals surface area contributed by atoms with Crippen LogP contribution in [0.4, 0.5) is 30.2 Å². The van der Waals surface area contributed by atoms with Crippen molar-refractivity contribution >= 4 is 83.6 Å². The van der Waals surface area contributed by atoms with Gasteiger partial charge >= 0.3 is 5.51 Å². The van der Waals surface area contributed by atoms with Gasteiger partial charge in [-0.3, -0.25) is 34.4 Å². The van der Waals surface area contributed by atoms with E-state index in [0.29, 0.717) is 36.2 Å². The second kappa shape index (κ2) is 25.3. The third-order valence-corrected chi connectivity index (χ3v) is 21.0. The first-order chi connectivity index (χ1) is 39.6. The summed E-state index contributed by atoms with van der Waals surface area (Å²) in [5.74, 6) is -1.30. The lowest BCUT2D eigenvalue weighted by molar-refractivity contribution is -0.133. The molecule has 5 heterocycles. The predicted octanol–water partition coefficient (Wildman–Crippen LogP) is 10.1. The molecular formula is C61H70ClF3N8O7S3. The van der Waals surface area contributed by atoms with Crippen LogP contribution in [-0.2, 0) is 36.0 Å². The number of imide groups is 1. The van der Waals surface area contributed by atoms with E-state index in [1.807, 2.05) is 71.5 Å². The van der Waals surface area contributed by atoms with Crippen LogP contribution in [0.15, 0.2) is 142 Å². The van der Waals surface area contributed by atoms with E-state index in [1.165, 1.54) is 40.6 Å². The Hall–Kier alpha value is -5.94. The number of fused-ring (bicyclic) bond motifs is 3. The normalized spacial score (nSPS) is 21.4. The summed E-state index contributed by atoms with van der Waals surface area (Å²) in [7, 11) is -11.0. The number of anilines is 3. The van der Waals surface area contributed by atoms with Crippen LogP contribution in [0.2, 0.25) is 5.02 Å². The first kappa shape index (κ1) is 60.2. The molecular weight excluding hydrogens is 1150 g/mol. The maximum Gasteiger partial charge on any atom is 0.501 e. The molecule has 22 heteroatoms. The van der Waals surface area contributed by atoms with Crippen molar-refractivity contribution < 1.29 is 44.4 Å². The Morgan fingerprint density at radius 2 is 1.49 bits per heavy atom. The molecule has 0 spiro atoms. The molecule has 5 aliphatic heterocycles. The van der Waals surface area contributed by atoms with Gasteiger partial charge in [0.25, 0.3) is 25.8 Å². The number of piperidine rings is 3.